The van der Waals surface area contributed by atoms with Gasteiger partial charge in [0.2, 0.25) is 6.79 Å². The van der Waals surface area contributed by atoms with Crippen LogP contribution in [0.25, 0.3) is 11.3 Å². The second kappa shape index (κ2) is 3.41. The Morgan fingerprint density at radius 1 is 1.22 bits per heavy atom. The SMILES string of the molecule is Nc1c(-c2ccc3c(c2)OCO3)ncn1C1CC1. The molecule has 0 amide bonds. The van der Waals surface area contributed by atoms with E-state index in [9.17, 15) is 0 Å². The molecule has 1 saturated carbocycles. The summed E-state index contributed by atoms with van der Waals surface area (Å²) in [6.45, 7) is 0.283. The van der Waals surface area contributed by atoms with Crippen molar-refractivity contribution >= 4 is 5.82 Å². The Bertz CT molecular complexity index is 617. The number of nitrogens with zero attached hydrogens (tertiary/aromatic N) is 2. The van der Waals surface area contributed by atoms with Crippen LogP contribution in [-0.2, 0) is 0 Å². The van der Waals surface area contributed by atoms with E-state index in [0.717, 1.165) is 28.6 Å². The zero-order valence-corrected chi connectivity index (χ0v) is 9.80. The third-order valence-electron chi connectivity index (χ3n) is 3.42. The van der Waals surface area contributed by atoms with E-state index in [1.54, 1.807) is 0 Å². The largest absolute Gasteiger partial charge is 0.454 e. The zero-order chi connectivity index (χ0) is 12.1. The van der Waals surface area contributed by atoms with Gasteiger partial charge in [-0.25, -0.2) is 4.98 Å². The maximum atomic E-state index is 6.15. The molecule has 1 aromatic heterocycles. The number of nitrogen functional groups attached to an aromatic ring is 1. The van der Waals surface area contributed by atoms with Gasteiger partial charge in [0, 0.05) is 11.6 Å². The molecule has 5 nitrogen and oxygen atoms in total. The number of benzene rings is 1. The minimum atomic E-state index is 0.283. The van der Waals surface area contributed by atoms with E-state index in [1.165, 1.54) is 12.8 Å². The monoisotopic (exact) mass is 243 g/mol. The van der Waals surface area contributed by atoms with Crippen LogP contribution in [0.15, 0.2) is 24.5 Å². The number of fused-ring (bicyclic) bond motifs is 1. The molecule has 0 radical (unpaired) electrons. The van der Waals surface area contributed by atoms with Gasteiger partial charge < -0.3 is 19.8 Å². The fraction of sp³-hybridized carbons (Fsp3) is 0.308. The summed E-state index contributed by atoms with van der Waals surface area (Å²) in [5.41, 5.74) is 7.94. The number of aromatic nitrogens is 2. The third-order valence-corrected chi connectivity index (χ3v) is 3.42. The van der Waals surface area contributed by atoms with Crippen molar-refractivity contribution in [3.8, 4) is 22.8 Å². The topological polar surface area (TPSA) is 62.3 Å². The molecule has 4 rings (SSSR count). The molecular weight excluding hydrogens is 230 g/mol. The molecular formula is C13H13N3O2. The summed E-state index contributed by atoms with van der Waals surface area (Å²) >= 11 is 0. The fourth-order valence-electron chi connectivity index (χ4n) is 2.28. The maximum Gasteiger partial charge on any atom is 0.231 e. The van der Waals surface area contributed by atoms with Gasteiger partial charge in [0.15, 0.2) is 11.5 Å². The van der Waals surface area contributed by atoms with Crippen LogP contribution in [0.5, 0.6) is 11.5 Å². The molecule has 2 N–H and O–H groups in total. The average molecular weight is 243 g/mol. The summed E-state index contributed by atoms with van der Waals surface area (Å²) in [6, 6.07) is 6.33. The molecule has 0 unspecified atom stereocenters. The molecule has 18 heavy (non-hydrogen) atoms. The Labute approximate surface area is 104 Å². The lowest BCUT2D eigenvalue weighted by atomic mass is 10.1. The minimum absolute atomic E-state index is 0.283. The number of rotatable bonds is 2. The van der Waals surface area contributed by atoms with E-state index >= 15 is 0 Å². The van der Waals surface area contributed by atoms with Gasteiger partial charge in [-0.15, -0.1) is 0 Å². The van der Waals surface area contributed by atoms with Crippen molar-refractivity contribution in [2.75, 3.05) is 12.5 Å². The van der Waals surface area contributed by atoms with Crippen LogP contribution in [0, 0.1) is 0 Å². The van der Waals surface area contributed by atoms with Gasteiger partial charge >= 0.3 is 0 Å². The lowest BCUT2D eigenvalue weighted by Crippen LogP contribution is -1.99. The van der Waals surface area contributed by atoms with E-state index in [1.807, 2.05) is 24.5 Å². The highest BCUT2D eigenvalue weighted by atomic mass is 16.7. The molecule has 1 aliphatic carbocycles. The second-order valence-corrected chi connectivity index (χ2v) is 4.68. The lowest BCUT2D eigenvalue weighted by Gasteiger charge is -2.04. The molecule has 0 saturated heterocycles. The van der Waals surface area contributed by atoms with Crippen molar-refractivity contribution in [2.24, 2.45) is 0 Å². The van der Waals surface area contributed by atoms with Crippen LogP contribution >= 0.6 is 0 Å². The Morgan fingerprint density at radius 3 is 2.89 bits per heavy atom. The first-order valence-electron chi connectivity index (χ1n) is 6.05. The molecule has 0 bridgehead atoms. The summed E-state index contributed by atoms with van der Waals surface area (Å²) in [6.07, 6.45) is 4.22. The molecule has 1 aliphatic heterocycles. The normalized spacial score (nSPS) is 17.1. The first-order chi connectivity index (χ1) is 8.83. The van der Waals surface area contributed by atoms with Crippen LogP contribution in [0.3, 0.4) is 0 Å². The highest BCUT2D eigenvalue weighted by Gasteiger charge is 2.27. The minimum Gasteiger partial charge on any atom is -0.454 e. The van der Waals surface area contributed by atoms with Crippen molar-refractivity contribution in [3.63, 3.8) is 0 Å². The van der Waals surface area contributed by atoms with Gasteiger partial charge in [-0.1, -0.05) is 0 Å². The molecule has 0 atom stereocenters. The quantitative estimate of drug-likeness (QED) is 0.878. The third kappa shape index (κ3) is 1.37. The molecule has 0 spiro atoms. The zero-order valence-electron chi connectivity index (χ0n) is 9.80. The van der Waals surface area contributed by atoms with Crippen molar-refractivity contribution in [2.45, 2.75) is 18.9 Å². The molecule has 2 heterocycles. The average Bonchev–Trinajstić information content (AvgIpc) is 2.99. The van der Waals surface area contributed by atoms with E-state index in [4.69, 9.17) is 15.2 Å². The van der Waals surface area contributed by atoms with E-state index < -0.39 is 0 Å². The highest BCUT2D eigenvalue weighted by molar-refractivity contribution is 5.73. The summed E-state index contributed by atoms with van der Waals surface area (Å²) in [4.78, 5) is 4.41. The molecule has 1 fully saturated rings. The van der Waals surface area contributed by atoms with Crippen molar-refractivity contribution in [1.82, 2.24) is 9.55 Å². The van der Waals surface area contributed by atoms with Crippen molar-refractivity contribution < 1.29 is 9.47 Å². The molecule has 92 valence electrons. The number of ether oxygens (including phenoxy) is 2. The summed E-state index contributed by atoms with van der Waals surface area (Å²) in [5, 5.41) is 0. The lowest BCUT2D eigenvalue weighted by molar-refractivity contribution is 0.174. The Morgan fingerprint density at radius 2 is 2.06 bits per heavy atom. The van der Waals surface area contributed by atoms with Crippen LogP contribution in [0.2, 0.25) is 0 Å². The van der Waals surface area contributed by atoms with Gasteiger partial charge in [-0.3, -0.25) is 0 Å². The Hall–Kier alpha value is -2.17. The molecule has 2 aromatic rings. The first kappa shape index (κ1) is 9.82. The van der Waals surface area contributed by atoms with Crippen LogP contribution in [0.1, 0.15) is 18.9 Å². The predicted octanol–water partition coefficient (Wildman–Crippen LogP) is 2.20. The van der Waals surface area contributed by atoms with Crippen molar-refractivity contribution in [3.05, 3.63) is 24.5 Å². The van der Waals surface area contributed by atoms with E-state index in [-0.39, 0.29) is 6.79 Å². The summed E-state index contributed by atoms with van der Waals surface area (Å²) < 4.78 is 12.7. The van der Waals surface area contributed by atoms with Crippen LogP contribution < -0.4 is 15.2 Å². The fourth-order valence-corrected chi connectivity index (χ4v) is 2.28. The smallest absolute Gasteiger partial charge is 0.231 e. The second-order valence-electron chi connectivity index (χ2n) is 4.68. The Kier molecular flexibility index (Phi) is 1.86. The van der Waals surface area contributed by atoms with E-state index in [2.05, 4.69) is 9.55 Å². The standard InChI is InChI=1S/C13H13N3O2/c14-13-12(15-6-16(13)9-2-3-9)8-1-4-10-11(5-8)18-7-17-10/h1,4-6,9H,2-3,7,14H2. The number of hydrogen-bond donors (Lipinski definition) is 1. The Balaban J connectivity index is 1.78. The number of anilines is 1. The van der Waals surface area contributed by atoms with Gasteiger partial charge in [0.25, 0.3) is 0 Å². The highest BCUT2D eigenvalue weighted by Crippen LogP contribution is 2.41. The molecule has 5 heteroatoms. The number of hydrogen-bond acceptors (Lipinski definition) is 4. The van der Waals surface area contributed by atoms with Crippen LogP contribution in [-0.4, -0.2) is 16.3 Å². The summed E-state index contributed by atoms with van der Waals surface area (Å²) in [5.74, 6) is 2.27. The van der Waals surface area contributed by atoms with Gasteiger partial charge in [0.05, 0.1) is 6.33 Å². The van der Waals surface area contributed by atoms with Gasteiger partial charge in [0.1, 0.15) is 11.5 Å². The number of imidazole rings is 1. The van der Waals surface area contributed by atoms with E-state index in [0.29, 0.717) is 6.04 Å². The first-order valence-corrected chi connectivity index (χ1v) is 6.05. The maximum absolute atomic E-state index is 6.15. The van der Waals surface area contributed by atoms with Crippen molar-refractivity contribution in [1.29, 1.82) is 0 Å². The summed E-state index contributed by atoms with van der Waals surface area (Å²) in [7, 11) is 0. The molecule has 1 aromatic carbocycles. The van der Waals surface area contributed by atoms with Crippen LogP contribution in [0.4, 0.5) is 5.82 Å². The van der Waals surface area contributed by atoms with Gasteiger partial charge in [-0.05, 0) is 31.0 Å². The van der Waals surface area contributed by atoms with Gasteiger partial charge in [-0.2, -0.15) is 0 Å². The number of nitrogens with two attached hydrogens (primary N) is 1. The predicted molar refractivity (Wildman–Crippen MR) is 66.5 cm³/mol. The molecule has 2 aliphatic rings.